The number of nitrogens with one attached hydrogen (secondary N) is 1. The van der Waals surface area contributed by atoms with Gasteiger partial charge in [0, 0.05) is 17.6 Å². The summed E-state index contributed by atoms with van der Waals surface area (Å²) in [5.74, 6) is 0.741. The first-order valence-electron chi connectivity index (χ1n) is 5.45. The average Bonchev–Trinajstić information content (AvgIpc) is 2.36. The highest BCUT2D eigenvalue weighted by Gasteiger charge is 2.16. The number of aliphatic hydroxyl groups is 1. The SMILES string of the molecule is COc1ccc(C#N)cc1CNC(C)(C)CO. The Morgan fingerprint density at radius 1 is 1.47 bits per heavy atom. The van der Waals surface area contributed by atoms with Crippen LogP contribution in [0.3, 0.4) is 0 Å². The molecular weight excluding hydrogens is 216 g/mol. The second kappa shape index (κ2) is 5.67. The van der Waals surface area contributed by atoms with Crippen LogP contribution < -0.4 is 10.1 Å². The highest BCUT2D eigenvalue weighted by Crippen LogP contribution is 2.20. The van der Waals surface area contributed by atoms with Crippen LogP contribution >= 0.6 is 0 Å². The first kappa shape index (κ1) is 13.5. The minimum Gasteiger partial charge on any atom is -0.496 e. The van der Waals surface area contributed by atoms with Crippen molar-refractivity contribution >= 4 is 0 Å². The summed E-state index contributed by atoms with van der Waals surface area (Å²) < 4.78 is 5.23. The standard InChI is InChI=1S/C13H18N2O2/c1-13(2,9-16)15-8-11-6-10(7-14)4-5-12(11)17-3/h4-6,15-16H,8-9H2,1-3H3. The van der Waals surface area contributed by atoms with Crippen LogP contribution in [0.4, 0.5) is 0 Å². The van der Waals surface area contributed by atoms with Crippen molar-refractivity contribution in [3.63, 3.8) is 0 Å². The van der Waals surface area contributed by atoms with E-state index in [-0.39, 0.29) is 12.1 Å². The van der Waals surface area contributed by atoms with Gasteiger partial charge in [-0.15, -0.1) is 0 Å². The van der Waals surface area contributed by atoms with E-state index in [0.717, 1.165) is 11.3 Å². The van der Waals surface area contributed by atoms with Gasteiger partial charge in [0.25, 0.3) is 0 Å². The van der Waals surface area contributed by atoms with E-state index in [1.54, 1.807) is 25.3 Å². The van der Waals surface area contributed by atoms with Crippen molar-refractivity contribution in [2.24, 2.45) is 0 Å². The van der Waals surface area contributed by atoms with Crippen LogP contribution in [0.5, 0.6) is 5.75 Å². The molecule has 0 aromatic heterocycles. The van der Waals surface area contributed by atoms with Crippen molar-refractivity contribution < 1.29 is 9.84 Å². The molecule has 0 amide bonds. The molecule has 0 saturated heterocycles. The maximum Gasteiger partial charge on any atom is 0.123 e. The number of nitriles is 1. The number of aliphatic hydroxyl groups excluding tert-OH is 1. The third kappa shape index (κ3) is 3.74. The van der Waals surface area contributed by atoms with Crippen LogP contribution in [0, 0.1) is 11.3 Å². The van der Waals surface area contributed by atoms with Crippen LogP contribution in [0.15, 0.2) is 18.2 Å². The van der Waals surface area contributed by atoms with E-state index in [0.29, 0.717) is 12.1 Å². The molecule has 0 unspecified atom stereocenters. The molecule has 1 rings (SSSR count). The fourth-order valence-corrected chi connectivity index (χ4v) is 1.38. The minimum atomic E-state index is -0.354. The molecule has 0 spiro atoms. The third-order valence-corrected chi connectivity index (χ3v) is 2.56. The van der Waals surface area contributed by atoms with Crippen LogP contribution in [-0.2, 0) is 6.54 Å². The van der Waals surface area contributed by atoms with Crippen molar-refractivity contribution in [3.05, 3.63) is 29.3 Å². The Morgan fingerprint density at radius 2 is 2.18 bits per heavy atom. The highest BCUT2D eigenvalue weighted by molar-refractivity contribution is 5.42. The Labute approximate surface area is 102 Å². The van der Waals surface area contributed by atoms with E-state index in [9.17, 15) is 0 Å². The summed E-state index contributed by atoms with van der Waals surface area (Å²) in [4.78, 5) is 0. The zero-order valence-electron chi connectivity index (χ0n) is 10.4. The summed E-state index contributed by atoms with van der Waals surface area (Å²) >= 11 is 0. The van der Waals surface area contributed by atoms with Gasteiger partial charge in [0.05, 0.1) is 25.3 Å². The first-order valence-corrected chi connectivity index (χ1v) is 5.45. The molecule has 1 aromatic carbocycles. The Morgan fingerprint density at radius 3 is 2.71 bits per heavy atom. The second-order valence-corrected chi connectivity index (χ2v) is 4.53. The molecule has 0 fully saturated rings. The lowest BCUT2D eigenvalue weighted by molar-refractivity contribution is 0.187. The largest absolute Gasteiger partial charge is 0.496 e. The maximum absolute atomic E-state index is 9.15. The zero-order chi connectivity index (χ0) is 12.9. The Balaban J connectivity index is 2.85. The Hall–Kier alpha value is -1.57. The van der Waals surface area contributed by atoms with Crippen molar-refractivity contribution in [2.75, 3.05) is 13.7 Å². The summed E-state index contributed by atoms with van der Waals surface area (Å²) in [6.07, 6.45) is 0. The molecule has 0 aliphatic carbocycles. The quantitative estimate of drug-likeness (QED) is 0.808. The number of nitrogens with zero attached hydrogens (tertiary/aromatic N) is 1. The lowest BCUT2D eigenvalue weighted by atomic mass is 10.1. The van der Waals surface area contributed by atoms with Gasteiger partial charge in [0.2, 0.25) is 0 Å². The second-order valence-electron chi connectivity index (χ2n) is 4.53. The summed E-state index contributed by atoms with van der Waals surface area (Å²) in [6.45, 7) is 4.42. The number of hydrogen-bond donors (Lipinski definition) is 2. The summed E-state index contributed by atoms with van der Waals surface area (Å²) in [5, 5.41) is 21.2. The van der Waals surface area contributed by atoms with Crippen LogP contribution in [0.2, 0.25) is 0 Å². The highest BCUT2D eigenvalue weighted by atomic mass is 16.5. The van der Waals surface area contributed by atoms with Crippen molar-refractivity contribution in [3.8, 4) is 11.8 Å². The molecule has 0 bridgehead atoms. The van der Waals surface area contributed by atoms with Gasteiger partial charge >= 0.3 is 0 Å². The van der Waals surface area contributed by atoms with Crippen LogP contribution in [0.25, 0.3) is 0 Å². The van der Waals surface area contributed by atoms with Gasteiger partial charge in [-0.25, -0.2) is 0 Å². The van der Waals surface area contributed by atoms with Crippen LogP contribution in [0.1, 0.15) is 25.0 Å². The first-order chi connectivity index (χ1) is 8.02. The zero-order valence-corrected chi connectivity index (χ0v) is 10.4. The monoisotopic (exact) mass is 234 g/mol. The molecule has 0 heterocycles. The lowest BCUT2D eigenvalue weighted by Gasteiger charge is -2.24. The molecule has 0 aliphatic heterocycles. The molecule has 0 radical (unpaired) electrons. The van der Waals surface area contributed by atoms with Gasteiger partial charge in [0.15, 0.2) is 0 Å². The van der Waals surface area contributed by atoms with E-state index in [1.807, 2.05) is 13.8 Å². The summed E-state index contributed by atoms with van der Waals surface area (Å²) in [5.41, 5.74) is 1.16. The molecule has 0 atom stereocenters. The van der Waals surface area contributed by atoms with Gasteiger partial charge in [0.1, 0.15) is 5.75 Å². The number of rotatable bonds is 5. The predicted octanol–water partition coefficient (Wildman–Crippen LogP) is 1.43. The van der Waals surface area contributed by atoms with Gasteiger partial charge in [-0.3, -0.25) is 0 Å². The lowest BCUT2D eigenvalue weighted by Crippen LogP contribution is -2.42. The fraction of sp³-hybridized carbons (Fsp3) is 0.462. The Bertz CT molecular complexity index is 422. The van der Waals surface area contributed by atoms with E-state index in [1.165, 1.54) is 0 Å². The van der Waals surface area contributed by atoms with E-state index >= 15 is 0 Å². The normalized spacial score (nSPS) is 11.0. The molecular formula is C13H18N2O2. The summed E-state index contributed by atoms with van der Waals surface area (Å²) in [7, 11) is 1.60. The van der Waals surface area contributed by atoms with Gasteiger partial charge in [-0.05, 0) is 32.0 Å². The molecule has 4 heteroatoms. The van der Waals surface area contributed by atoms with Crippen molar-refractivity contribution in [1.82, 2.24) is 5.32 Å². The molecule has 2 N–H and O–H groups in total. The molecule has 1 aromatic rings. The van der Waals surface area contributed by atoms with Crippen molar-refractivity contribution in [2.45, 2.75) is 25.9 Å². The number of benzene rings is 1. The third-order valence-electron chi connectivity index (χ3n) is 2.56. The number of methoxy groups -OCH3 is 1. The van der Waals surface area contributed by atoms with E-state index in [4.69, 9.17) is 15.1 Å². The molecule has 0 aliphatic rings. The van der Waals surface area contributed by atoms with E-state index < -0.39 is 0 Å². The topological polar surface area (TPSA) is 65.3 Å². The van der Waals surface area contributed by atoms with Crippen molar-refractivity contribution in [1.29, 1.82) is 5.26 Å². The Kier molecular flexibility index (Phi) is 4.50. The smallest absolute Gasteiger partial charge is 0.123 e. The maximum atomic E-state index is 9.15. The average molecular weight is 234 g/mol. The van der Waals surface area contributed by atoms with Gasteiger partial charge < -0.3 is 15.2 Å². The molecule has 17 heavy (non-hydrogen) atoms. The molecule has 4 nitrogen and oxygen atoms in total. The predicted molar refractivity (Wildman–Crippen MR) is 65.7 cm³/mol. The van der Waals surface area contributed by atoms with Gasteiger partial charge in [-0.2, -0.15) is 5.26 Å². The summed E-state index contributed by atoms with van der Waals surface area (Å²) in [6, 6.07) is 7.39. The van der Waals surface area contributed by atoms with Gasteiger partial charge in [-0.1, -0.05) is 0 Å². The minimum absolute atomic E-state index is 0.0489. The number of hydrogen-bond acceptors (Lipinski definition) is 4. The molecule has 0 saturated carbocycles. The fourth-order valence-electron chi connectivity index (χ4n) is 1.38. The molecule has 92 valence electrons. The van der Waals surface area contributed by atoms with Crippen LogP contribution in [-0.4, -0.2) is 24.4 Å². The van der Waals surface area contributed by atoms with E-state index in [2.05, 4.69) is 11.4 Å². The number of ether oxygens (including phenoxy) is 1.